The number of aryl methyl sites for hydroxylation is 1. The van der Waals surface area contributed by atoms with Crippen molar-refractivity contribution in [2.45, 2.75) is 19.2 Å². The molecular weight excluding hydrogens is 396 g/mol. The highest BCUT2D eigenvalue weighted by Gasteiger charge is 2.13. The van der Waals surface area contributed by atoms with Crippen molar-refractivity contribution >= 4 is 29.3 Å². The smallest absolute Gasteiger partial charge is 0.230 e. The minimum atomic E-state index is -0.0425. The van der Waals surface area contributed by atoms with Crippen molar-refractivity contribution in [1.29, 1.82) is 0 Å². The van der Waals surface area contributed by atoms with Gasteiger partial charge in [0.05, 0.1) is 18.6 Å². The Hall–Kier alpha value is -2.44. The molecule has 0 aliphatic heterocycles. The summed E-state index contributed by atoms with van der Waals surface area (Å²) in [5, 5.41) is 3.53. The highest BCUT2D eigenvalue weighted by atomic mass is 35.5. The number of methoxy groups -OCH3 is 1. The summed E-state index contributed by atoms with van der Waals surface area (Å²) in [6, 6.07) is 15.0. The number of halogens is 1. The van der Waals surface area contributed by atoms with E-state index in [1.54, 1.807) is 7.11 Å². The number of carbonyl (C=O) groups excluding carboxylic acids is 1. The lowest BCUT2D eigenvalue weighted by atomic mass is 10.2. The Bertz CT molecular complexity index is 958. The first kappa shape index (κ1) is 20.3. The maximum absolute atomic E-state index is 12.1. The minimum absolute atomic E-state index is 0.0425. The van der Waals surface area contributed by atoms with E-state index in [1.807, 2.05) is 55.5 Å². The molecule has 7 heteroatoms. The molecule has 0 fully saturated rings. The van der Waals surface area contributed by atoms with Crippen LogP contribution in [-0.4, -0.2) is 23.8 Å². The van der Waals surface area contributed by atoms with Gasteiger partial charge in [-0.3, -0.25) is 4.79 Å². The van der Waals surface area contributed by atoms with E-state index in [1.165, 1.54) is 11.8 Å². The zero-order valence-electron chi connectivity index (χ0n) is 15.7. The summed E-state index contributed by atoms with van der Waals surface area (Å²) in [5.74, 6) is 2.94. The van der Waals surface area contributed by atoms with Crippen LogP contribution in [0.2, 0.25) is 5.02 Å². The van der Waals surface area contributed by atoms with Crippen LogP contribution in [0.1, 0.15) is 17.0 Å². The lowest BCUT2D eigenvalue weighted by molar-refractivity contribution is -0.118. The summed E-state index contributed by atoms with van der Waals surface area (Å²) < 4.78 is 11.0. The van der Waals surface area contributed by atoms with Gasteiger partial charge in [0, 0.05) is 22.9 Å². The standard InChI is InChI=1S/C21H21ClN2O3S/c1-14-19(24-21(27-14)15-7-5-8-17(10-15)26-2)12-28-13-20(25)23-11-16-6-3-4-9-18(16)22/h3-10H,11-13H2,1-2H3,(H,23,25). The van der Waals surface area contributed by atoms with Crippen molar-refractivity contribution in [3.8, 4) is 17.2 Å². The first-order chi connectivity index (χ1) is 13.6. The number of carbonyl (C=O) groups is 1. The molecule has 1 N–H and O–H groups in total. The summed E-state index contributed by atoms with van der Waals surface area (Å²) in [6.45, 7) is 2.30. The average molecular weight is 417 g/mol. The van der Waals surface area contributed by atoms with Crippen LogP contribution in [0.5, 0.6) is 5.75 Å². The molecule has 0 bridgehead atoms. The fraction of sp³-hybridized carbons (Fsp3) is 0.238. The van der Waals surface area contributed by atoms with Gasteiger partial charge < -0.3 is 14.5 Å². The van der Waals surface area contributed by atoms with Gasteiger partial charge in [-0.2, -0.15) is 0 Å². The molecular formula is C21H21ClN2O3S. The summed E-state index contributed by atoms with van der Waals surface area (Å²) >= 11 is 7.59. The molecule has 3 rings (SSSR count). The van der Waals surface area contributed by atoms with Crippen molar-refractivity contribution in [3.05, 3.63) is 70.6 Å². The Morgan fingerprint density at radius 2 is 2.07 bits per heavy atom. The van der Waals surface area contributed by atoms with E-state index < -0.39 is 0 Å². The molecule has 2 aromatic carbocycles. The number of thioether (sulfide) groups is 1. The Kier molecular flexibility index (Phi) is 7.01. The summed E-state index contributed by atoms with van der Waals surface area (Å²) in [6.07, 6.45) is 0. The van der Waals surface area contributed by atoms with Gasteiger partial charge in [-0.05, 0) is 36.8 Å². The van der Waals surface area contributed by atoms with Gasteiger partial charge >= 0.3 is 0 Å². The minimum Gasteiger partial charge on any atom is -0.497 e. The molecule has 0 aliphatic rings. The van der Waals surface area contributed by atoms with Gasteiger partial charge in [-0.1, -0.05) is 35.9 Å². The molecule has 1 aromatic heterocycles. The zero-order valence-corrected chi connectivity index (χ0v) is 17.3. The molecule has 0 atom stereocenters. The van der Waals surface area contributed by atoms with Crippen LogP contribution in [0.25, 0.3) is 11.5 Å². The van der Waals surface area contributed by atoms with Gasteiger partial charge in [0.2, 0.25) is 11.8 Å². The average Bonchev–Trinajstić information content (AvgIpc) is 3.08. The lowest BCUT2D eigenvalue weighted by Crippen LogP contribution is -2.24. The van der Waals surface area contributed by atoms with E-state index >= 15 is 0 Å². The molecule has 0 aliphatic carbocycles. The van der Waals surface area contributed by atoms with Gasteiger partial charge in [-0.15, -0.1) is 11.8 Å². The second-order valence-electron chi connectivity index (χ2n) is 6.11. The van der Waals surface area contributed by atoms with Crippen LogP contribution in [0, 0.1) is 6.92 Å². The molecule has 28 heavy (non-hydrogen) atoms. The van der Waals surface area contributed by atoms with Crippen LogP contribution in [-0.2, 0) is 17.1 Å². The first-order valence-electron chi connectivity index (χ1n) is 8.75. The molecule has 0 radical (unpaired) electrons. The number of hydrogen-bond acceptors (Lipinski definition) is 5. The van der Waals surface area contributed by atoms with E-state index in [2.05, 4.69) is 10.3 Å². The molecule has 1 heterocycles. The maximum Gasteiger partial charge on any atom is 0.230 e. The van der Waals surface area contributed by atoms with Crippen LogP contribution >= 0.6 is 23.4 Å². The molecule has 3 aromatic rings. The van der Waals surface area contributed by atoms with Crippen LogP contribution in [0.4, 0.5) is 0 Å². The maximum atomic E-state index is 12.1. The molecule has 0 saturated carbocycles. The molecule has 0 saturated heterocycles. The Labute approximate surface area is 173 Å². The van der Waals surface area contributed by atoms with E-state index in [0.29, 0.717) is 29.0 Å². The van der Waals surface area contributed by atoms with Crippen LogP contribution in [0.3, 0.4) is 0 Å². The number of amides is 1. The first-order valence-corrected chi connectivity index (χ1v) is 10.3. The zero-order chi connectivity index (χ0) is 19.9. The topological polar surface area (TPSA) is 64.4 Å². The van der Waals surface area contributed by atoms with Crippen LogP contribution < -0.4 is 10.1 Å². The van der Waals surface area contributed by atoms with E-state index in [4.69, 9.17) is 20.8 Å². The van der Waals surface area contributed by atoms with Crippen molar-refractivity contribution < 1.29 is 13.9 Å². The summed E-state index contributed by atoms with van der Waals surface area (Å²) in [7, 11) is 1.62. The molecule has 1 amide bonds. The number of oxazole rings is 1. The van der Waals surface area contributed by atoms with E-state index in [-0.39, 0.29) is 5.91 Å². The lowest BCUT2D eigenvalue weighted by Gasteiger charge is -2.06. The summed E-state index contributed by atoms with van der Waals surface area (Å²) in [4.78, 5) is 16.6. The third-order valence-electron chi connectivity index (χ3n) is 4.12. The largest absolute Gasteiger partial charge is 0.497 e. The number of aromatic nitrogens is 1. The predicted octanol–water partition coefficient (Wildman–Crippen LogP) is 4.86. The fourth-order valence-corrected chi connectivity index (χ4v) is 3.62. The molecule has 5 nitrogen and oxygen atoms in total. The fourth-order valence-electron chi connectivity index (χ4n) is 2.57. The van der Waals surface area contributed by atoms with Crippen molar-refractivity contribution in [2.24, 2.45) is 0 Å². The second-order valence-corrected chi connectivity index (χ2v) is 7.51. The summed E-state index contributed by atoms with van der Waals surface area (Å²) in [5.41, 5.74) is 2.59. The van der Waals surface area contributed by atoms with Gasteiger partial charge in [-0.25, -0.2) is 4.98 Å². The number of nitrogens with one attached hydrogen (secondary N) is 1. The van der Waals surface area contributed by atoms with Gasteiger partial charge in [0.15, 0.2) is 0 Å². The normalized spacial score (nSPS) is 10.7. The third kappa shape index (κ3) is 5.30. The molecule has 0 unspecified atom stereocenters. The highest BCUT2D eigenvalue weighted by molar-refractivity contribution is 7.99. The van der Waals surface area contributed by atoms with Gasteiger partial charge in [0.1, 0.15) is 11.5 Å². The highest BCUT2D eigenvalue weighted by Crippen LogP contribution is 2.26. The van der Waals surface area contributed by atoms with Crippen molar-refractivity contribution in [1.82, 2.24) is 10.3 Å². The number of ether oxygens (including phenoxy) is 1. The van der Waals surface area contributed by atoms with Crippen molar-refractivity contribution in [3.63, 3.8) is 0 Å². The Morgan fingerprint density at radius 1 is 1.25 bits per heavy atom. The van der Waals surface area contributed by atoms with E-state index in [9.17, 15) is 4.79 Å². The molecule has 146 valence electrons. The van der Waals surface area contributed by atoms with E-state index in [0.717, 1.165) is 28.3 Å². The second kappa shape index (κ2) is 9.66. The Balaban J connectivity index is 1.51. The third-order valence-corrected chi connectivity index (χ3v) is 5.43. The Morgan fingerprint density at radius 3 is 2.86 bits per heavy atom. The number of hydrogen-bond donors (Lipinski definition) is 1. The quantitative estimate of drug-likeness (QED) is 0.568. The number of nitrogens with zero attached hydrogens (tertiary/aromatic N) is 1. The SMILES string of the molecule is COc1cccc(-c2nc(CSCC(=O)NCc3ccccc3Cl)c(C)o2)c1. The molecule has 0 spiro atoms. The van der Waals surface area contributed by atoms with Crippen molar-refractivity contribution in [2.75, 3.05) is 12.9 Å². The monoisotopic (exact) mass is 416 g/mol. The number of benzene rings is 2. The van der Waals surface area contributed by atoms with Crippen LogP contribution in [0.15, 0.2) is 52.9 Å². The van der Waals surface area contributed by atoms with Gasteiger partial charge in [0.25, 0.3) is 0 Å². The number of rotatable bonds is 8. The predicted molar refractivity (Wildman–Crippen MR) is 113 cm³/mol.